The zero-order chi connectivity index (χ0) is 21.2. The standard InChI is InChI=1S/C16H18F6N4O2/c1-13(10-2-6-23-7-3-10,25-11(27)15(17,18)19)14(4-8-24-9-5-14)26-12(28)16(20,21)22/h2-3,6-7,24H,4-5,8-9H2,1H3,(H,25,27)(H,26,28). The molecule has 156 valence electrons. The van der Waals surface area contributed by atoms with Gasteiger partial charge in [-0.1, -0.05) is 0 Å². The molecule has 2 heterocycles. The maximum atomic E-state index is 12.9. The van der Waals surface area contributed by atoms with Crippen LogP contribution in [0.4, 0.5) is 26.3 Å². The lowest BCUT2D eigenvalue weighted by molar-refractivity contribution is -0.181. The second kappa shape index (κ2) is 7.57. The molecule has 28 heavy (non-hydrogen) atoms. The van der Waals surface area contributed by atoms with E-state index in [1.165, 1.54) is 24.5 Å². The first-order chi connectivity index (χ1) is 12.8. The Morgan fingerprint density at radius 3 is 1.96 bits per heavy atom. The van der Waals surface area contributed by atoms with Crippen LogP contribution in [0.15, 0.2) is 24.5 Å². The van der Waals surface area contributed by atoms with Crippen LogP contribution in [0.5, 0.6) is 0 Å². The SMILES string of the molecule is CC(NC(=O)C(F)(F)F)(c1ccncc1)C1(NC(=O)C(F)(F)F)CCNCC1. The minimum atomic E-state index is -5.27. The molecule has 1 aliphatic heterocycles. The highest BCUT2D eigenvalue weighted by Gasteiger charge is 2.56. The number of hydrogen-bond donors (Lipinski definition) is 3. The van der Waals surface area contributed by atoms with Crippen LogP contribution in [0.2, 0.25) is 0 Å². The van der Waals surface area contributed by atoms with Gasteiger partial charge in [-0.25, -0.2) is 0 Å². The number of halogens is 6. The van der Waals surface area contributed by atoms with Crippen LogP contribution in [0.25, 0.3) is 0 Å². The predicted molar refractivity (Wildman–Crippen MR) is 84.8 cm³/mol. The second-order valence-corrected chi connectivity index (χ2v) is 6.60. The molecule has 1 aromatic heterocycles. The number of hydrogen-bond acceptors (Lipinski definition) is 4. The van der Waals surface area contributed by atoms with E-state index in [-0.39, 0.29) is 31.5 Å². The second-order valence-electron chi connectivity index (χ2n) is 6.60. The van der Waals surface area contributed by atoms with Crippen LogP contribution in [0, 0.1) is 0 Å². The van der Waals surface area contributed by atoms with Gasteiger partial charge in [0.1, 0.15) is 0 Å². The van der Waals surface area contributed by atoms with Crippen molar-refractivity contribution < 1.29 is 35.9 Å². The summed E-state index contributed by atoms with van der Waals surface area (Å²) in [6.07, 6.45) is -8.35. The Hall–Kier alpha value is -2.37. The van der Waals surface area contributed by atoms with Gasteiger partial charge >= 0.3 is 24.2 Å². The van der Waals surface area contributed by atoms with E-state index >= 15 is 0 Å². The number of alkyl halides is 6. The van der Waals surface area contributed by atoms with E-state index in [1.807, 2.05) is 10.6 Å². The van der Waals surface area contributed by atoms with E-state index in [0.717, 1.165) is 6.92 Å². The van der Waals surface area contributed by atoms with Crippen molar-refractivity contribution in [2.75, 3.05) is 13.1 Å². The molecular formula is C16H18F6N4O2. The van der Waals surface area contributed by atoms with Gasteiger partial charge in [-0.2, -0.15) is 26.3 Å². The quantitative estimate of drug-likeness (QED) is 0.659. The molecule has 1 fully saturated rings. The lowest BCUT2D eigenvalue weighted by Gasteiger charge is -2.52. The van der Waals surface area contributed by atoms with E-state index in [9.17, 15) is 35.9 Å². The molecule has 0 radical (unpaired) electrons. The van der Waals surface area contributed by atoms with Gasteiger partial charge in [0.2, 0.25) is 0 Å². The van der Waals surface area contributed by atoms with Crippen molar-refractivity contribution in [2.24, 2.45) is 0 Å². The third-order valence-electron chi connectivity index (χ3n) is 4.90. The minimum Gasteiger partial charge on any atom is -0.340 e. The van der Waals surface area contributed by atoms with Gasteiger partial charge in [0.15, 0.2) is 0 Å². The number of pyridine rings is 1. The maximum Gasteiger partial charge on any atom is 0.471 e. The number of carbonyl (C=O) groups is 2. The fourth-order valence-electron chi connectivity index (χ4n) is 3.34. The van der Waals surface area contributed by atoms with Crippen molar-refractivity contribution in [3.8, 4) is 0 Å². The zero-order valence-corrected chi connectivity index (χ0v) is 14.7. The number of rotatable bonds is 4. The van der Waals surface area contributed by atoms with Crippen LogP contribution in [-0.2, 0) is 15.1 Å². The number of nitrogens with zero attached hydrogens (tertiary/aromatic N) is 1. The summed E-state index contributed by atoms with van der Waals surface area (Å²) in [5.41, 5.74) is -3.75. The Balaban J connectivity index is 2.59. The van der Waals surface area contributed by atoms with Gasteiger partial charge in [0.05, 0.1) is 11.1 Å². The molecule has 2 rings (SSSR count). The number of amides is 2. The van der Waals surface area contributed by atoms with E-state index in [4.69, 9.17) is 0 Å². The maximum absolute atomic E-state index is 12.9. The first kappa shape index (κ1) is 21.9. The van der Waals surface area contributed by atoms with Gasteiger partial charge < -0.3 is 16.0 Å². The fourth-order valence-corrected chi connectivity index (χ4v) is 3.34. The van der Waals surface area contributed by atoms with Crippen molar-refractivity contribution in [3.63, 3.8) is 0 Å². The molecule has 1 aliphatic rings. The summed E-state index contributed by atoms with van der Waals surface area (Å²) in [4.78, 5) is 27.2. The third kappa shape index (κ3) is 4.37. The van der Waals surface area contributed by atoms with Crippen molar-refractivity contribution in [3.05, 3.63) is 30.1 Å². The molecule has 3 N–H and O–H groups in total. The Kier molecular flexibility index (Phi) is 5.93. The molecular weight excluding hydrogens is 394 g/mol. The van der Waals surface area contributed by atoms with Crippen LogP contribution in [0.1, 0.15) is 25.3 Å². The molecule has 6 nitrogen and oxygen atoms in total. The Morgan fingerprint density at radius 1 is 1.00 bits per heavy atom. The Labute approximate surface area is 156 Å². The summed E-state index contributed by atoms with van der Waals surface area (Å²) >= 11 is 0. The molecule has 0 aromatic carbocycles. The molecule has 2 amide bonds. The molecule has 0 bridgehead atoms. The topological polar surface area (TPSA) is 83.1 Å². The van der Waals surface area contributed by atoms with E-state index < -0.39 is 35.2 Å². The largest absolute Gasteiger partial charge is 0.471 e. The lowest BCUT2D eigenvalue weighted by atomic mass is 9.68. The number of piperidine rings is 1. The average molecular weight is 412 g/mol. The summed E-state index contributed by atoms with van der Waals surface area (Å²) in [6.45, 7) is 1.41. The summed E-state index contributed by atoms with van der Waals surface area (Å²) in [5.74, 6) is -4.62. The molecule has 1 aromatic rings. The van der Waals surface area contributed by atoms with E-state index in [0.29, 0.717) is 0 Å². The Morgan fingerprint density at radius 2 is 1.50 bits per heavy atom. The Bertz CT molecular complexity index is 716. The van der Waals surface area contributed by atoms with Gasteiger partial charge in [-0.15, -0.1) is 0 Å². The molecule has 0 aliphatic carbocycles. The van der Waals surface area contributed by atoms with Crippen LogP contribution < -0.4 is 16.0 Å². The molecule has 1 unspecified atom stereocenters. The van der Waals surface area contributed by atoms with Crippen molar-refractivity contribution in [1.82, 2.24) is 20.9 Å². The number of aromatic nitrogens is 1. The molecule has 1 atom stereocenters. The molecule has 0 saturated carbocycles. The van der Waals surface area contributed by atoms with E-state index in [1.54, 1.807) is 0 Å². The van der Waals surface area contributed by atoms with Crippen molar-refractivity contribution in [1.29, 1.82) is 0 Å². The molecule has 0 spiro atoms. The van der Waals surface area contributed by atoms with Crippen LogP contribution >= 0.6 is 0 Å². The smallest absolute Gasteiger partial charge is 0.340 e. The monoisotopic (exact) mass is 412 g/mol. The fraction of sp³-hybridized carbons (Fsp3) is 0.562. The summed E-state index contributed by atoms with van der Waals surface area (Å²) in [6, 6.07) is 2.56. The summed E-state index contributed by atoms with van der Waals surface area (Å²) in [7, 11) is 0. The van der Waals surface area contributed by atoms with Crippen LogP contribution in [0.3, 0.4) is 0 Å². The first-order valence-electron chi connectivity index (χ1n) is 8.22. The highest BCUT2D eigenvalue weighted by atomic mass is 19.4. The summed E-state index contributed by atoms with van der Waals surface area (Å²) < 4.78 is 77.5. The van der Waals surface area contributed by atoms with Gasteiger partial charge in [0, 0.05) is 12.4 Å². The normalized spacial score (nSPS) is 19.4. The number of nitrogens with one attached hydrogen (secondary N) is 3. The first-order valence-corrected chi connectivity index (χ1v) is 8.22. The third-order valence-corrected chi connectivity index (χ3v) is 4.90. The summed E-state index contributed by atoms with van der Waals surface area (Å²) in [5, 5.41) is 6.56. The van der Waals surface area contributed by atoms with E-state index in [2.05, 4.69) is 10.3 Å². The van der Waals surface area contributed by atoms with Crippen molar-refractivity contribution in [2.45, 2.75) is 43.2 Å². The van der Waals surface area contributed by atoms with Gasteiger partial charge in [0.25, 0.3) is 0 Å². The highest BCUT2D eigenvalue weighted by Crippen LogP contribution is 2.40. The molecule has 12 heteroatoms. The minimum absolute atomic E-state index is 0.0736. The van der Waals surface area contributed by atoms with Gasteiger partial charge in [-0.3, -0.25) is 14.6 Å². The van der Waals surface area contributed by atoms with Crippen LogP contribution in [-0.4, -0.2) is 47.8 Å². The molecule has 1 saturated heterocycles. The number of carbonyl (C=O) groups excluding carboxylic acids is 2. The average Bonchev–Trinajstić information content (AvgIpc) is 2.61. The highest BCUT2D eigenvalue weighted by molar-refractivity contribution is 5.84. The predicted octanol–water partition coefficient (Wildman–Crippen LogP) is 1.78. The lowest BCUT2D eigenvalue weighted by Crippen LogP contribution is -2.72. The van der Waals surface area contributed by atoms with Gasteiger partial charge in [-0.05, 0) is 50.6 Å². The van der Waals surface area contributed by atoms with Crippen molar-refractivity contribution >= 4 is 11.8 Å². The zero-order valence-electron chi connectivity index (χ0n) is 14.7.